The molecule has 0 atom stereocenters. The highest BCUT2D eigenvalue weighted by molar-refractivity contribution is 5.75. The van der Waals surface area contributed by atoms with Gasteiger partial charge in [0.05, 0.1) is 0 Å². The third kappa shape index (κ3) is 6.03. The molecule has 0 saturated heterocycles. The van der Waals surface area contributed by atoms with Crippen molar-refractivity contribution in [3.05, 3.63) is 90.0 Å². The van der Waals surface area contributed by atoms with Crippen molar-refractivity contribution in [1.29, 1.82) is 0 Å². The highest BCUT2D eigenvalue weighted by Gasteiger charge is 2.03. The smallest absolute Gasteiger partial charge is 0.220 e. The highest BCUT2D eigenvalue weighted by atomic mass is 19.1. The summed E-state index contributed by atoms with van der Waals surface area (Å²) in [6.45, 7) is 0.535. The van der Waals surface area contributed by atoms with Crippen LogP contribution in [0.4, 0.5) is 4.39 Å². The first-order chi connectivity index (χ1) is 13.2. The fraction of sp³-hybridized carbons (Fsp3) is 0.217. The molecule has 3 aromatic rings. The molecule has 138 valence electrons. The van der Waals surface area contributed by atoms with Crippen LogP contribution < -0.4 is 5.32 Å². The van der Waals surface area contributed by atoms with Gasteiger partial charge in [-0.2, -0.15) is 0 Å². The van der Waals surface area contributed by atoms with Gasteiger partial charge in [0.1, 0.15) is 5.82 Å². The van der Waals surface area contributed by atoms with Crippen LogP contribution in [-0.2, 0) is 17.8 Å². The number of carbonyl (C=O) groups excluding carboxylic acids is 1. The molecule has 0 bridgehead atoms. The van der Waals surface area contributed by atoms with Crippen LogP contribution in [0.2, 0.25) is 0 Å². The van der Waals surface area contributed by atoms with Crippen molar-refractivity contribution >= 4 is 5.91 Å². The number of amides is 1. The third-order valence-electron chi connectivity index (χ3n) is 4.49. The number of hydrogen-bond donors (Lipinski definition) is 1. The Bertz CT molecular complexity index is 846. The van der Waals surface area contributed by atoms with Crippen molar-refractivity contribution in [3.8, 4) is 11.1 Å². The van der Waals surface area contributed by atoms with Crippen LogP contribution in [-0.4, -0.2) is 10.9 Å². The SMILES string of the molecule is O=C(CCCCc1ccc(F)cc1)NCc1ccc(-c2ccncc2)cc1. The molecule has 27 heavy (non-hydrogen) atoms. The number of halogens is 1. The largest absolute Gasteiger partial charge is 0.352 e. The lowest BCUT2D eigenvalue weighted by atomic mass is 10.1. The van der Waals surface area contributed by atoms with Gasteiger partial charge in [-0.1, -0.05) is 36.4 Å². The van der Waals surface area contributed by atoms with Gasteiger partial charge in [0, 0.05) is 25.4 Å². The fourth-order valence-corrected chi connectivity index (χ4v) is 2.91. The quantitative estimate of drug-likeness (QED) is 0.578. The molecular formula is C23H23FN2O. The molecule has 0 aliphatic carbocycles. The molecule has 3 nitrogen and oxygen atoms in total. The minimum atomic E-state index is -0.216. The summed E-state index contributed by atoms with van der Waals surface area (Å²) < 4.78 is 12.9. The first kappa shape index (κ1) is 18.8. The number of aryl methyl sites for hydroxylation is 1. The maximum atomic E-state index is 12.9. The molecule has 0 spiro atoms. The minimum Gasteiger partial charge on any atom is -0.352 e. The number of rotatable bonds is 8. The monoisotopic (exact) mass is 362 g/mol. The zero-order valence-corrected chi connectivity index (χ0v) is 15.2. The predicted molar refractivity (Wildman–Crippen MR) is 105 cm³/mol. The summed E-state index contributed by atoms with van der Waals surface area (Å²) in [6.07, 6.45) is 6.67. The molecule has 1 aromatic heterocycles. The zero-order chi connectivity index (χ0) is 18.9. The average molecular weight is 362 g/mol. The Hall–Kier alpha value is -3.01. The number of unbranched alkanes of at least 4 members (excludes halogenated alkanes) is 1. The van der Waals surface area contributed by atoms with Crippen LogP contribution in [0, 0.1) is 5.82 Å². The maximum Gasteiger partial charge on any atom is 0.220 e. The molecule has 1 heterocycles. The summed E-state index contributed by atoms with van der Waals surface area (Å²) in [5, 5.41) is 2.97. The third-order valence-corrected chi connectivity index (χ3v) is 4.49. The van der Waals surface area contributed by atoms with Crippen LogP contribution in [0.15, 0.2) is 73.1 Å². The van der Waals surface area contributed by atoms with Gasteiger partial charge in [0.15, 0.2) is 0 Å². The van der Waals surface area contributed by atoms with E-state index in [9.17, 15) is 9.18 Å². The molecule has 0 aliphatic rings. The topological polar surface area (TPSA) is 42.0 Å². The van der Waals surface area contributed by atoms with Gasteiger partial charge in [-0.3, -0.25) is 9.78 Å². The first-order valence-corrected chi connectivity index (χ1v) is 9.21. The molecule has 0 aliphatic heterocycles. The van der Waals surface area contributed by atoms with Gasteiger partial charge >= 0.3 is 0 Å². The van der Waals surface area contributed by atoms with E-state index in [1.807, 2.05) is 24.3 Å². The Morgan fingerprint density at radius 3 is 2.15 bits per heavy atom. The van der Waals surface area contributed by atoms with Gasteiger partial charge in [-0.15, -0.1) is 0 Å². The van der Waals surface area contributed by atoms with Crippen molar-refractivity contribution in [1.82, 2.24) is 10.3 Å². The van der Waals surface area contributed by atoms with E-state index >= 15 is 0 Å². The summed E-state index contributed by atoms with van der Waals surface area (Å²) in [5.41, 5.74) is 4.44. The number of nitrogens with one attached hydrogen (secondary N) is 1. The second-order valence-electron chi connectivity index (χ2n) is 6.54. The Morgan fingerprint density at radius 2 is 1.44 bits per heavy atom. The number of benzene rings is 2. The van der Waals surface area contributed by atoms with E-state index < -0.39 is 0 Å². The summed E-state index contributed by atoms with van der Waals surface area (Å²) in [7, 11) is 0. The van der Waals surface area contributed by atoms with E-state index in [4.69, 9.17) is 0 Å². The van der Waals surface area contributed by atoms with Gasteiger partial charge < -0.3 is 5.32 Å². The molecule has 1 N–H and O–H groups in total. The molecule has 3 rings (SSSR count). The predicted octanol–water partition coefficient (Wildman–Crippen LogP) is 4.92. The molecule has 4 heteroatoms. The number of aromatic nitrogens is 1. The lowest BCUT2D eigenvalue weighted by Crippen LogP contribution is -2.22. The lowest BCUT2D eigenvalue weighted by Gasteiger charge is -2.07. The fourth-order valence-electron chi connectivity index (χ4n) is 2.91. The van der Waals surface area contributed by atoms with Gasteiger partial charge in [0.25, 0.3) is 0 Å². The maximum absolute atomic E-state index is 12.9. The van der Waals surface area contributed by atoms with Gasteiger partial charge in [0.2, 0.25) is 5.91 Å². The first-order valence-electron chi connectivity index (χ1n) is 9.21. The summed E-state index contributed by atoms with van der Waals surface area (Å²) in [4.78, 5) is 16.0. The van der Waals surface area contributed by atoms with Crippen LogP contribution >= 0.6 is 0 Å². The van der Waals surface area contributed by atoms with E-state index in [0.717, 1.165) is 41.5 Å². The second kappa shape index (κ2) is 9.62. The molecule has 1 amide bonds. The molecular weight excluding hydrogens is 339 g/mol. The Balaban J connectivity index is 1.37. The summed E-state index contributed by atoms with van der Waals surface area (Å²) in [6, 6.07) is 18.7. The van der Waals surface area contributed by atoms with Crippen molar-refractivity contribution < 1.29 is 9.18 Å². The van der Waals surface area contributed by atoms with Crippen LogP contribution in [0.3, 0.4) is 0 Å². The lowest BCUT2D eigenvalue weighted by molar-refractivity contribution is -0.121. The standard InChI is InChI=1S/C23H23FN2O/c24-22-11-7-18(8-12-22)3-1-2-4-23(27)26-17-19-5-9-20(10-6-19)21-13-15-25-16-14-21/h5-16H,1-4,17H2,(H,26,27). The van der Waals surface area contributed by atoms with Crippen LogP contribution in [0.1, 0.15) is 30.4 Å². The van der Waals surface area contributed by atoms with Crippen LogP contribution in [0.25, 0.3) is 11.1 Å². The molecule has 0 radical (unpaired) electrons. The molecule has 2 aromatic carbocycles. The van der Waals surface area contributed by atoms with Crippen molar-refractivity contribution in [2.45, 2.75) is 32.2 Å². The van der Waals surface area contributed by atoms with Gasteiger partial charge in [-0.25, -0.2) is 4.39 Å². The van der Waals surface area contributed by atoms with Crippen molar-refractivity contribution in [3.63, 3.8) is 0 Å². The van der Waals surface area contributed by atoms with Crippen molar-refractivity contribution in [2.24, 2.45) is 0 Å². The molecule has 0 saturated carbocycles. The summed E-state index contributed by atoms with van der Waals surface area (Å²) in [5.74, 6) is -0.153. The Kier molecular flexibility index (Phi) is 6.69. The van der Waals surface area contributed by atoms with E-state index in [0.29, 0.717) is 13.0 Å². The van der Waals surface area contributed by atoms with E-state index in [1.165, 1.54) is 12.1 Å². The van der Waals surface area contributed by atoms with Crippen LogP contribution in [0.5, 0.6) is 0 Å². The average Bonchev–Trinajstić information content (AvgIpc) is 2.72. The molecule has 0 unspecified atom stereocenters. The number of hydrogen-bond acceptors (Lipinski definition) is 2. The number of pyridine rings is 1. The molecule has 0 fully saturated rings. The number of nitrogens with zero attached hydrogens (tertiary/aromatic N) is 1. The minimum absolute atomic E-state index is 0.0623. The summed E-state index contributed by atoms with van der Waals surface area (Å²) >= 11 is 0. The normalized spacial score (nSPS) is 10.6. The Labute approximate surface area is 159 Å². The second-order valence-corrected chi connectivity index (χ2v) is 6.54. The van der Waals surface area contributed by atoms with Gasteiger partial charge in [-0.05, 0) is 65.8 Å². The van der Waals surface area contributed by atoms with Crippen molar-refractivity contribution in [2.75, 3.05) is 0 Å². The zero-order valence-electron chi connectivity index (χ0n) is 15.2. The Morgan fingerprint density at radius 1 is 0.815 bits per heavy atom. The van der Waals surface area contributed by atoms with E-state index in [1.54, 1.807) is 24.5 Å². The highest BCUT2D eigenvalue weighted by Crippen LogP contribution is 2.18. The van der Waals surface area contributed by atoms with E-state index in [-0.39, 0.29) is 11.7 Å². The number of carbonyl (C=O) groups is 1. The van der Waals surface area contributed by atoms with E-state index in [2.05, 4.69) is 22.4 Å².